The molecule has 0 aliphatic heterocycles. The van der Waals surface area contributed by atoms with Crippen molar-refractivity contribution in [3.63, 3.8) is 0 Å². The fraction of sp³-hybridized carbons (Fsp3) is 0.467. The molecule has 0 aliphatic rings. The smallest absolute Gasteiger partial charge is 0.305 e. The molecule has 1 aromatic carbocycles. The van der Waals surface area contributed by atoms with E-state index < -0.39 is 11.4 Å². The summed E-state index contributed by atoms with van der Waals surface area (Å²) in [6.45, 7) is 4.10. The van der Waals surface area contributed by atoms with E-state index in [0.717, 1.165) is 0 Å². The zero-order valence-electron chi connectivity index (χ0n) is 12.0. The topological polar surface area (TPSA) is 83.6 Å². The van der Waals surface area contributed by atoms with Crippen LogP contribution in [0.5, 0.6) is 0 Å². The van der Waals surface area contributed by atoms with Gasteiger partial charge >= 0.3 is 5.97 Å². The van der Waals surface area contributed by atoms with E-state index in [2.05, 4.69) is 0 Å². The Balaban J connectivity index is 3.04. The van der Waals surface area contributed by atoms with Crippen LogP contribution < -0.4 is 10.6 Å². The van der Waals surface area contributed by atoms with Gasteiger partial charge in [0.05, 0.1) is 11.8 Å². The number of nitrogens with zero attached hydrogens (tertiary/aromatic N) is 1. The maximum Gasteiger partial charge on any atom is 0.305 e. The number of nitrogens with two attached hydrogens (primary N) is 1. The number of benzene rings is 1. The lowest BCUT2D eigenvalue weighted by molar-refractivity contribution is -0.136. The zero-order valence-corrected chi connectivity index (χ0v) is 12.0. The van der Waals surface area contributed by atoms with Gasteiger partial charge in [0.25, 0.3) is 0 Å². The van der Waals surface area contributed by atoms with Crippen molar-refractivity contribution in [2.24, 2.45) is 11.1 Å². The van der Waals surface area contributed by atoms with Gasteiger partial charge in [0.2, 0.25) is 5.91 Å². The van der Waals surface area contributed by atoms with Gasteiger partial charge in [-0.3, -0.25) is 9.59 Å². The van der Waals surface area contributed by atoms with Gasteiger partial charge in [0, 0.05) is 18.8 Å². The van der Waals surface area contributed by atoms with Crippen molar-refractivity contribution in [2.45, 2.75) is 26.7 Å². The Bertz CT molecular complexity index is 455. The molecule has 0 aliphatic carbocycles. The minimum absolute atomic E-state index is 0.0923. The van der Waals surface area contributed by atoms with Crippen molar-refractivity contribution in [1.29, 1.82) is 0 Å². The number of anilines is 1. The normalized spacial score (nSPS) is 13.6. The van der Waals surface area contributed by atoms with Crippen molar-refractivity contribution in [1.82, 2.24) is 0 Å². The standard InChI is InChI=1S/C15H22N2O3/c1-3-15(2,11-16)14(20)17(10-9-13(18)19)12-7-5-4-6-8-12/h4-8H,3,9-11,16H2,1-2H3,(H,18,19). The number of carbonyl (C=O) groups excluding carboxylic acids is 1. The average Bonchev–Trinajstić information content (AvgIpc) is 2.47. The predicted octanol–water partition coefficient (Wildman–Crippen LogP) is 1.87. The molecule has 0 saturated heterocycles. The first-order valence-electron chi connectivity index (χ1n) is 6.73. The van der Waals surface area contributed by atoms with Crippen LogP contribution in [0.1, 0.15) is 26.7 Å². The Morgan fingerprint density at radius 1 is 1.30 bits per heavy atom. The van der Waals surface area contributed by atoms with E-state index in [1.165, 1.54) is 4.90 Å². The summed E-state index contributed by atoms with van der Waals surface area (Å²) in [7, 11) is 0. The van der Waals surface area contributed by atoms with Crippen LogP contribution in [0.4, 0.5) is 5.69 Å². The molecule has 1 unspecified atom stereocenters. The van der Waals surface area contributed by atoms with Crippen molar-refractivity contribution >= 4 is 17.6 Å². The van der Waals surface area contributed by atoms with Crippen molar-refractivity contribution in [3.05, 3.63) is 30.3 Å². The quantitative estimate of drug-likeness (QED) is 0.797. The highest BCUT2D eigenvalue weighted by atomic mass is 16.4. The first-order chi connectivity index (χ1) is 9.44. The lowest BCUT2D eigenvalue weighted by Crippen LogP contribution is -2.47. The summed E-state index contributed by atoms with van der Waals surface area (Å²) >= 11 is 0. The van der Waals surface area contributed by atoms with E-state index >= 15 is 0 Å². The molecule has 0 radical (unpaired) electrons. The van der Waals surface area contributed by atoms with Crippen LogP contribution >= 0.6 is 0 Å². The molecule has 0 heterocycles. The molecular weight excluding hydrogens is 256 g/mol. The Kier molecular flexibility index (Phi) is 5.70. The van der Waals surface area contributed by atoms with Crippen LogP contribution in [0.3, 0.4) is 0 Å². The fourth-order valence-electron chi connectivity index (χ4n) is 1.87. The summed E-state index contributed by atoms with van der Waals surface area (Å²) in [4.78, 5) is 25.0. The molecule has 5 heteroatoms. The second kappa shape index (κ2) is 7.05. The minimum atomic E-state index is -0.926. The molecule has 3 N–H and O–H groups in total. The average molecular weight is 278 g/mol. The summed E-state index contributed by atoms with van der Waals surface area (Å²) in [5.41, 5.74) is 5.76. The van der Waals surface area contributed by atoms with Gasteiger partial charge in [-0.2, -0.15) is 0 Å². The zero-order chi connectivity index (χ0) is 15.2. The Morgan fingerprint density at radius 3 is 2.35 bits per heavy atom. The molecule has 0 spiro atoms. The van der Waals surface area contributed by atoms with Gasteiger partial charge < -0.3 is 15.7 Å². The molecule has 20 heavy (non-hydrogen) atoms. The summed E-state index contributed by atoms with van der Waals surface area (Å²) in [6, 6.07) is 9.09. The molecular formula is C15H22N2O3. The number of rotatable bonds is 7. The van der Waals surface area contributed by atoms with Gasteiger partial charge in [-0.25, -0.2) is 0 Å². The molecule has 1 rings (SSSR count). The number of amides is 1. The monoisotopic (exact) mass is 278 g/mol. The lowest BCUT2D eigenvalue weighted by Gasteiger charge is -2.33. The van der Waals surface area contributed by atoms with E-state index in [0.29, 0.717) is 12.1 Å². The molecule has 0 bridgehead atoms. The number of carbonyl (C=O) groups is 2. The second-order valence-corrected chi connectivity index (χ2v) is 5.05. The maximum absolute atomic E-state index is 12.7. The van der Waals surface area contributed by atoms with E-state index in [9.17, 15) is 9.59 Å². The first-order valence-corrected chi connectivity index (χ1v) is 6.73. The van der Waals surface area contributed by atoms with Gasteiger partial charge in [-0.15, -0.1) is 0 Å². The van der Waals surface area contributed by atoms with Crippen molar-refractivity contribution < 1.29 is 14.7 Å². The largest absolute Gasteiger partial charge is 0.481 e. The fourth-order valence-corrected chi connectivity index (χ4v) is 1.87. The van der Waals surface area contributed by atoms with Crippen LogP contribution in [0.25, 0.3) is 0 Å². The van der Waals surface area contributed by atoms with Crippen LogP contribution in [0, 0.1) is 5.41 Å². The molecule has 0 fully saturated rings. The lowest BCUT2D eigenvalue weighted by atomic mass is 9.85. The summed E-state index contributed by atoms with van der Waals surface area (Å²) in [6.07, 6.45) is 0.518. The highest BCUT2D eigenvalue weighted by Crippen LogP contribution is 2.26. The molecule has 0 aromatic heterocycles. The number of carboxylic acids is 1. The number of aliphatic carboxylic acids is 1. The van der Waals surface area contributed by atoms with E-state index in [1.54, 1.807) is 12.1 Å². The van der Waals surface area contributed by atoms with E-state index in [-0.39, 0.29) is 25.4 Å². The SMILES string of the molecule is CCC(C)(CN)C(=O)N(CCC(=O)O)c1ccccc1. The third-order valence-corrected chi connectivity index (χ3v) is 3.61. The first kappa shape index (κ1) is 16.2. The molecule has 1 atom stereocenters. The summed E-state index contributed by atoms with van der Waals surface area (Å²) in [5, 5.41) is 8.85. The van der Waals surface area contributed by atoms with Gasteiger partial charge in [-0.1, -0.05) is 25.1 Å². The number of hydrogen-bond acceptors (Lipinski definition) is 3. The maximum atomic E-state index is 12.7. The van der Waals surface area contributed by atoms with Crippen LogP contribution in [0.2, 0.25) is 0 Å². The minimum Gasteiger partial charge on any atom is -0.481 e. The van der Waals surface area contributed by atoms with Crippen molar-refractivity contribution in [2.75, 3.05) is 18.0 Å². The Labute approximate surface area is 119 Å². The van der Waals surface area contributed by atoms with Crippen LogP contribution in [-0.4, -0.2) is 30.1 Å². The van der Waals surface area contributed by atoms with Crippen LogP contribution in [-0.2, 0) is 9.59 Å². The predicted molar refractivity (Wildman–Crippen MR) is 78.5 cm³/mol. The highest BCUT2D eigenvalue weighted by molar-refractivity contribution is 5.97. The number of para-hydroxylation sites is 1. The second-order valence-electron chi connectivity index (χ2n) is 5.05. The third-order valence-electron chi connectivity index (χ3n) is 3.61. The molecule has 110 valence electrons. The molecule has 1 amide bonds. The highest BCUT2D eigenvalue weighted by Gasteiger charge is 2.34. The Morgan fingerprint density at radius 2 is 1.90 bits per heavy atom. The number of carboxylic acid groups (broad SMARTS) is 1. The molecule has 0 saturated carbocycles. The Hall–Kier alpha value is -1.88. The van der Waals surface area contributed by atoms with E-state index in [4.69, 9.17) is 10.8 Å². The van der Waals surface area contributed by atoms with Crippen molar-refractivity contribution in [3.8, 4) is 0 Å². The summed E-state index contributed by atoms with van der Waals surface area (Å²) < 4.78 is 0. The number of hydrogen-bond donors (Lipinski definition) is 2. The third kappa shape index (κ3) is 3.81. The van der Waals surface area contributed by atoms with Gasteiger partial charge in [-0.05, 0) is 25.5 Å². The van der Waals surface area contributed by atoms with Crippen LogP contribution in [0.15, 0.2) is 30.3 Å². The van der Waals surface area contributed by atoms with Gasteiger partial charge in [0.15, 0.2) is 0 Å². The molecule has 1 aromatic rings. The molecule has 5 nitrogen and oxygen atoms in total. The van der Waals surface area contributed by atoms with E-state index in [1.807, 2.05) is 32.0 Å². The van der Waals surface area contributed by atoms with Gasteiger partial charge in [0.1, 0.15) is 0 Å². The summed E-state index contributed by atoms with van der Waals surface area (Å²) in [5.74, 6) is -1.06.